The summed E-state index contributed by atoms with van der Waals surface area (Å²) < 4.78 is 0. The van der Waals surface area contributed by atoms with Crippen LogP contribution in [0.4, 0.5) is 4.79 Å². The lowest BCUT2D eigenvalue weighted by atomic mass is 10.1. The number of fused-ring (bicyclic) bond motifs is 1. The first-order chi connectivity index (χ1) is 10.1. The summed E-state index contributed by atoms with van der Waals surface area (Å²) in [5.41, 5.74) is 1.04. The van der Waals surface area contributed by atoms with Gasteiger partial charge in [-0.3, -0.25) is 0 Å². The molecule has 2 rings (SSSR count). The second kappa shape index (κ2) is 6.58. The van der Waals surface area contributed by atoms with Crippen molar-refractivity contribution in [3.05, 3.63) is 46.7 Å². The molecule has 1 aliphatic heterocycles. The van der Waals surface area contributed by atoms with E-state index in [0.29, 0.717) is 37.5 Å². The predicted molar refractivity (Wildman–Crippen MR) is 82.8 cm³/mol. The fourth-order valence-corrected chi connectivity index (χ4v) is 3.40. The summed E-state index contributed by atoms with van der Waals surface area (Å²) in [5.74, 6) is -0.910. The van der Waals surface area contributed by atoms with E-state index in [1.54, 1.807) is 28.0 Å². The second-order valence-corrected chi connectivity index (χ2v) is 5.94. The number of carbonyl (C=O) groups is 2. The largest absolute Gasteiger partial charge is 0.477 e. The molecular formula is C15H18N2O3S. The molecule has 6 heteroatoms. The number of nitrogens with zero attached hydrogens (tertiary/aromatic N) is 2. The molecule has 0 spiro atoms. The summed E-state index contributed by atoms with van der Waals surface area (Å²) in [6, 6.07) is 1.65. The Balaban J connectivity index is 2.12. The Morgan fingerprint density at radius 1 is 1.38 bits per heavy atom. The molecule has 0 unspecified atom stereocenters. The molecule has 21 heavy (non-hydrogen) atoms. The van der Waals surface area contributed by atoms with Crippen LogP contribution in [0.5, 0.6) is 0 Å². The Hall–Kier alpha value is -2.08. The van der Waals surface area contributed by atoms with Gasteiger partial charge in [-0.05, 0) is 18.1 Å². The van der Waals surface area contributed by atoms with Crippen LogP contribution in [0.15, 0.2) is 31.4 Å². The number of carboxylic acids is 1. The van der Waals surface area contributed by atoms with E-state index in [0.717, 1.165) is 10.4 Å². The number of aromatic carboxylic acids is 1. The van der Waals surface area contributed by atoms with Crippen molar-refractivity contribution in [2.75, 3.05) is 19.6 Å². The highest BCUT2D eigenvalue weighted by Crippen LogP contribution is 2.28. The molecule has 1 aliphatic rings. The molecule has 5 nitrogen and oxygen atoms in total. The number of urea groups is 1. The Kier molecular flexibility index (Phi) is 4.80. The van der Waals surface area contributed by atoms with Crippen LogP contribution < -0.4 is 0 Å². The Morgan fingerprint density at radius 3 is 2.62 bits per heavy atom. The maximum Gasteiger partial charge on any atom is 0.345 e. The molecule has 1 aromatic heterocycles. The van der Waals surface area contributed by atoms with Crippen molar-refractivity contribution in [3.8, 4) is 0 Å². The molecule has 1 aromatic rings. The molecule has 0 aliphatic carbocycles. The number of hydrogen-bond acceptors (Lipinski definition) is 3. The maximum atomic E-state index is 12.5. The van der Waals surface area contributed by atoms with Gasteiger partial charge in [0.1, 0.15) is 4.88 Å². The van der Waals surface area contributed by atoms with Crippen molar-refractivity contribution in [2.45, 2.75) is 13.0 Å². The predicted octanol–water partition coefficient (Wildman–Crippen LogP) is 2.60. The Labute approximate surface area is 127 Å². The van der Waals surface area contributed by atoms with Gasteiger partial charge in [0.15, 0.2) is 0 Å². The van der Waals surface area contributed by atoms with Gasteiger partial charge in [0.25, 0.3) is 0 Å². The number of rotatable bonds is 5. The highest BCUT2D eigenvalue weighted by molar-refractivity contribution is 7.14. The van der Waals surface area contributed by atoms with Crippen molar-refractivity contribution < 1.29 is 14.7 Å². The first-order valence-electron chi connectivity index (χ1n) is 6.67. The standard InChI is InChI=1S/C15H18N2O3S/c1-3-6-16(7-4-2)15(20)17-8-5-11-9-12(14(18)19)21-13(11)10-17/h3-4,9H,1-2,5-8,10H2,(H,18,19). The Morgan fingerprint density at radius 2 is 2.05 bits per heavy atom. The van der Waals surface area contributed by atoms with Crippen LogP contribution in [0.2, 0.25) is 0 Å². The summed E-state index contributed by atoms with van der Waals surface area (Å²) in [4.78, 5) is 28.2. The maximum absolute atomic E-state index is 12.5. The van der Waals surface area contributed by atoms with E-state index in [-0.39, 0.29) is 6.03 Å². The molecule has 0 saturated carbocycles. The molecular weight excluding hydrogens is 288 g/mol. The minimum Gasteiger partial charge on any atom is -0.477 e. The fourth-order valence-electron chi connectivity index (χ4n) is 2.33. The molecule has 2 heterocycles. The SMILES string of the molecule is C=CCN(CC=C)C(=O)N1CCc2cc(C(=O)O)sc2C1. The van der Waals surface area contributed by atoms with Gasteiger partial charge in [0.05, 0.1) is 6.54 Å². The average molecular weight is 306 g/mol. The summed E-state index contributed by atoms with van der Waals surface area (Å²) in [7, 11) is 0. The molecule has 0 radical (unpaired) electrons. The zero-order valence-electron chi connectivity index (χ0n) is 11.7. The average Bonchev–Trinajstić information content (AvgIpc) is 2.89. The topological polar surface area (TPSA) is 60.9 Å². The normalized spacial score (nSPS) is 13.4. The van der Waals surface area contributed by atoms with Crippen molar-refractivity contribution >= 4 is 23.3 Å². The van der Waals surface area contributed by atoms with Gasteiger partial charge in [0, 0.05) is 24.5 Å². The molecule has 2 amide bonds. The third kappa shape index (κ3) is 3.33. The lowest BCUT2D eigenvalue weighted by Crippen LogP contribution is -2.45. The van der Waals surface area contributed by atoms with Gasteiger partial charge in [-0.25, -0.2) is 9.59 Å². The van der Waals surface area contributed by atoms with Crippen LogP contribution in [0.3, 0.4) is 0 Å². The number of thiophene rings is 1. The van der Waals surface area contributed by atoms with Gasteiger partial charge in [-0.1, -0.05) is 12.2 Å². The quantitative estimate of drug-likeness (QED) is 0.851. The van der Waals surface area contributed by atoms with Gasteiger partial charge >= 0.3 is 12.0 Å². The Bertz CT molecular complexity index is 569. The van der Waals surface area contributed by atoms with E-state index >= 15 is 0 Å². The van der Waals surface area contributed by atoms with Crippen molar-refractivity contribution in [2.24, 2.45) is 0 Å². The van der Waals surface area contributed by atoms with Crippen molar-refractivity contribution in [1.29, 1.82) is 0 Å². The van der Waals surface area contributed by atoms with Crippen LogP contribution in [-0.2, 0) is 13.0 Å². The van der Waals surface area contributed by atoms with Gasteiger partial charge in [-0.2, -0.15) is 0 Å². The highest BCUT2D eigenvalue weighted by atomic mass is 32.1. The number of hydrogen-bond donors (Lipinski definition) is 1. The van der Waals surface area contributed by atoms with Crippen molar-refractivity contribution in [3.63, 3.8) is 0 Å². The second-order valence-electron chi connectivity index (χ2n) is 4.80. The third-order valence-corrected chi connectivity index (χ3v) is 4.48. The van der Waals surface area contributed by atoms with Crippen molar-refractivity contribution in [1.82, 2.24) is 9.80 Å². The zero-order chi connectivity index (χ0) is 15.4. The first kappa shape index (κ1) is 15.3. The summed E-state index contributed by atoms with van der Waals surface area (Å²) in [5, 5.41) is 9.04. The monoisotopic (exact) mass is 306 g/mol. The molecule has 0 bridgehead atoms. The molecule has 0 aromatic carbocycles. The lowest BCUT2D eigenvalue weighted by Gasteiger charge is -2.32. The molecule has 0 fully saturated rings. The molecule has 0 atom stereocenters. The summed E-state index contributed by atoms with van der Waals surface area (Å²) in [6.07, 6.45) is 4.07. The van der Waals surface area contributed by atoms with Crippen LogP contribution >= 0.6 is 11.3 Å². The van der Waals surface area contributed by atoms with E-state index in [2.05, 4.69) is 13.2 Å². The van der Waals surface area contributed by atoms with E-state index in [1.165, 1.54) is 11.3 Å². The van der Waals surface area contributed by atoms with Gasteiger partial charge in [-0.15, -0.1) is 24.5 Å². The van der Waals surface area contributed by atoms with E-state index < -0.39 is 5.97 Å². The molecule has 0 saturated heterocycles. The molecule has 1 N–H and O–H groups in total. The zero-order valence-corrected chi connectivity index (χ0v) is 12.6. The van der Waals surface area contributed by atoms with Crippen LogP contribution in [-0.4, -0.2) is 46.5 Å². The number of carbonyl (C=O) groups excluding carboxylic acids is 1. The van der Waals surface area contributed by atoms with Gasteiger partial charge in [0.2, 0.25) is 0 Å². The van der Waals surface area contributed by atoms with Crippen LogP contribution in [0, 0.1) is 0 Å². The lowest BCUT2D eigenvalue weighted by molar-refractivity contribution is 0.0702. The van der Waals surface area contributed by atoms with Crippen LogP contribution in [0.1, 0.15) is 20.1 Å². The smallest absolute Gasteiger partial charge is 0.345 e. The van der Waals surface area contributed by atoms with Gasteiger partial charge < -0.3 is 14.9 Å². The minimum absolute atomic E-state index is 0.0641. The highest BCUT2D eigenvalue weighted by Gasteiger charge is 2.26. The minimum atomic E-state index is -0.910. The number of amides is 2. The molecule has 112 valence electrons. The first-order valence-corrected chi connectivity index (χ1v) is 7.49. The third-order valence-electron chi connectivity index (χ3n) is 3.33. The summed E-state index contributed by atoms with van der Waals surface area (Å²) >= 11 is 1.25. The van der Waals surface area contributed by atoms with E-state index in [9.17, 15) is 9.59 Å². The summed E-state index contributed by atoms with van der Waals surface area (Å²) in [6.45, 7) is 9.33. The van der Waals surface area contributed by atoms with E-state index in [4.69, 9.17) is 5.11 Å². The number of carboxylic acid groups (broad SMARTS) is 1. The van der Waals surface area contributed by atoms with Crippen LogP contribution in [0.25, 0.3) is 0 Å². The fraction of sp³-hybridized carbons (Fsp3) is 0.333. The van der Waals surface area contributed by atoms with E-state index in [1.807, 2.05) is 0 Å².